The molecule has 0 aliphatic carbocycles. The lowest BCUT2D eigenvalue weighted by Gasteiger charge is -2.29. The number of benzene rings is 2. The lowest BCUT2D eigenvalue weighted by molar-refractivity contribution is 0.449. The van der Waals surface area contributed by atoms with Gasteiger partial charge in [-0.3, -0.25) is 0 Å². The molecule has 17 heavy (non-hydrogen) atoms. The van der Waals surface area contributed by atoms with Crippen molar-refractivity contribution in [1.82, 2.24) is 5.32 Å². The molecule has 0 radical (unpaired) electrons. The highest BCUT2D eigenvalue weighted by Gasteiger charge is 2.21. The van der Waals surface area contributed by atoms with E-state index < -0.39 is 0 Å². The fraction of sp³-hybridized carbons (Fsp3) is 0.200. The van der Waals surface area contributed by atoms with Gasteiger partial charge >= 0.3 is 0 Å². The van der Waals surface area contributed by atoms with E-state index in [1.807, 2.05) is 0 Å². The second-order valence-electron chi connectivity index (χ2n) is 4.31. The number of rotatable bonds is 2. The quantitative estimate of drug-likeness (QED) is 0.855. The number of halogens is 1. The first-order chi connectivity index (χ1) is 7.95. The Kier molecular flexibility index (Phi) is 3.82. The van der Waals surface area contributed by atoms with E-state index in [0.717, 1.165) is 13.1 Å². The van der Waals surface area contributed by atoms with E-state index in [2.05, 4.69) is 59.9 Å². The van der Waals surface area contributed by atoms with Crippen LogP contribution in [-0.4, -0.2) is 13.1 Å². The van der Waals surface area contributed by atoms with Gasteiger partial charge in [-0.05, 0) is 16.7 Å². The fourth-order valence-corrected chi connectivity index (χ4v) is 2.24. The van der Waals surface area contributed by atoms with Crippen molar-refractivity contribution in [2.75, 3.05) is 13.1 Å². The Bertz CT molecular complexity index is 477. The molecule has 1 fully saturated rings. The van der Waals surface area contributed by atoms with Crippen molar-refractivity contribution >= 4 is 12.4 Å². The minimum absolute atomic E-state index is 0. The lowest BCUT2D eigenvalue weighted by Crippen LogP contribution is -2.40. The van der Waals surface area contributed by atoms with E-state index in [9.17, 15) is 0 Å². The Morgan fingerprint density at radius 2 is 1.47 bits per heavy atom. The van der Waals surface area contributed by atoms with Gasteiger partial charge in [-0.15, -0.1) is 12.4 Å². The van der Waals surface area contributed by atoms with Crippen LogP contribution in [0.2, 0.25) is 0 Å². The van der Waals surface area contributed by atoms with E-state index in [0.29, 0.717) is 5.92 Å². The van der Waals surface area contributed by atoms with Crippen LogP contribution in [0, 0.1) is 0 Å². The van der Waals surface area contributed by atoms with Crippen molar-refractivity contribution in [2.45, 2.75) is 5.92 Å². The molecule has 0 atom stereocenters. The molecule has 2 aromatic carbocycles. The molecule has 1 N–H and O–H groups in total. The Labute approximate surface area is 108 Å². The van der Waals surface area contributed by atoms with Crippen LogP contribution >= 0.6 is 12.4 Å². The van der Waals surface area contributed by atoms with Crippen LogP contribution < -0.4 is 5.32 Å². The minimum Gasteiger partial charge on any atom is -0.315 e. The molecule has 0 spiro atoms. The highest BCUT2D eigenvalue weighted by atomic mass is 35.5. The third-order valence-corrected chi connectivity index (χ3v) is 3.27. The summed E-state index contributed by atoms with van der Waals surface area (Å²) in [4.78, 5) is 0. The van der Waals surface area contributed by atoms with Gasteiger partial charge in [0.15, 0.2) is 0 Å². The van der Waals surface area contributed by atoms with Crippen molar-refractivity contribution in [2.24, 2.45) is 0 Å². The SMILES string of the molecule is Cl.c1ccc(-c2ccccc2C2CNC2)cc1. The van der Waals surface area contributed by atoms with Crippen molar-refractivity contribution < 1.29 is 0 Å². The zero-order valence-electron chi connectivity index (χ0n) is 9.60. The second-order valence-corrected chi connectivity index (χ2v) is 4.31. The van der Waals surface area contributed by atoms with Crippen LogP contribution in [0.4, 0.5) is 0 Å². The molecule has 1 nitrogen and oxygen atoms in total. The van der Waals surface area contributed by atoms with Gasteiger partial charge in [0.1, 0.15) is 0 Å². The van der Waals surface area contributed by atoms with E-state index in [4.69, 9.17) is 0 Å². The van der Waals surface area contributed by atoms with Crippen molar-refractivity contribution in [1.29, 1.82) is 0 Å². The molecule has 1 heterocycles. The van der Waals surface area contributed by atoms with Crippen molar-refractivity contribution in [3.63, 3.8) is 0 Å². The first-order valence-electron chi connectivity index (χ1n) is 5.80. The Balaban J connectivity index is 0.00000108. The molecule has 0 saturated carbocycles. The number of nitrogens with one attached hydrogen (secondary N) is 1. The van der Waals surface area contributed by atoms with Crippen LogP contribution in [0.3, 0.4) is 0 Å². The molecule has 1 saturated heterocycles. The maximum Gasteiger partial charge on any atom is 0.00947 e. The molecule has 1 aliphatic heterocycles. The largest absolute Gasteiger partial charge is 0.315 e. The molecule has 88 valence electrons. The molecule has 0 aromatic heterocycles. The third kappa shape index (κ3) is 2.36. The van der Waals surface area contributed by atoms with Crippen molar-refractivity contribution in [3.05, 3.63) is 60.2 Å². The highest BCUT2D eigenvalue weighted by Crippen LogP contribution is 2.30. The van der Waals surface area contributed by atoms with Crippen LogP contribution in [0.5, 0.6) is 0 Å². The summed E-state index contributed by atoms with van der Waals surface area (Å²) in [7, 11) is 0. The standard InChI is InChI=1S/C15H15N.ClH/c1-2-6-12(7-3-1)14-8-4-5-9-15(14)13-10-16-11-13;/h1-9,13,16H,10-11H2;1H. The van der Waals surface area contributed by atoms with Gasteiger partial charge in [0.25, 0.3) is 0 Å². The number of hydrogen-bond donors (Lipinski definition) is 1. The fourth-order valence-electron chi connectivity index (χ4n) is 2.24. The summed E-state index contributed by atoms with van der Waals surface area (Å²) in [5, 5.41) is 3.34. The molecule has 0 bridgehead atoms. The van der Waals surface area contributed by atoms with Gasteiger partial charge < -0.3 is 5.32 Å². The average Bonchev–Trinajstić information content (AvgIpc) is 2.29. The van der Waals surface area contributed by atoms with E-state index in [-0.39, 0.29) is 12.4 Å². The van der Waals surface area contributed by atoms with Crippen LogP contribution in [0.25, 0.3) is 11.1 Å². The van der Waals surface area contributed by atoms with Gasteiger partial charge in [-0.25, -0.2) is 0 Å². The predicted octanol–water partition coefficient (Wildman–Crippen LogP) is 3.46. The van der Waals surface area contributed by atoms with Gasteiger partial charge in [0, 0.05) is 19.0 Å². The summed E-state index contributed by atoms with van der Waals surface area (Å²) in [5.74, 6) is 0.691. The summed E-state index contributed by atoms with van der Waals surface area (Å²) in [6, 6.07) is 19.4. The topological polar surface area (TPSA) is 12.0 Å². The third-order valence-electron chi connectivity index (χ3n) is 3.27. The first-order valence-corrected chi connectivity index (χ1v) is 5.80. The second kappa shape index (κ2) is 5.35. The summed E-state index contributed by atoms with van der Waals surface area (Å²) < 4.78 is 0. The molecule has 2 aromatic rings. The number of hydrogen-bond acceptors (Lipinski definition) is 1. The van der Waals surface area contributed by atoms with E-state index in [1.165, 1.54) is 16.7 Å². The van der Waals surface area contributed by atoms with E-state index >= 15 is 0 Å². The van der Waals surface area contributed by atoms with Gasteiger partial charge in [0.05, 0.1) is 0 Å². The molecule has 2 heteroatoms. The molecule has 3 rings (SSSR count). The maximum atomic E-state index is 3.34. The van der Waals surface area contributed by atoms with Gasteiger partial charge in [-0.2, -0.15) is 0 Å². The Morgan fingerprint density at radius 3 is 2.12 bits per heavy atom. The average molecular weight is 246 g/mol. The van der Waals surface area contributed by atoms with E-state index in [1.54, 1.807) is 0 Å². The molecule has 0 amide bonds. The molecule has 1 aliphatic rings. The van der Waals surface area contributed by atoms with Gasteiger partial charge in [-0.1, -0.05) is 54.6 Å². The maximum absolute atomic E-state index is 3.34. The van der Waals surface area contributed by atoms with Crippen LogP contribution in [0.1, 0.15) is 11.5 Å². The normalized spacial score (nSPS) is 14.8. The lowest BCUT2D eigenvalue weighted by atomic mass is 9.87. The molecular formula is C15H16ClN. The van der Waals surface area contributed by atoms with Crippen LogP contribution in [0.15, 0.2) is 54.6 Å². The minimum atomic E-state index is 0. The zero-order valence-corrected chi connectivity index (χ0v) is 10.4. The summed E-state index contributed by atoms with van der Waals surface area (Å²) in [5.41, 5.74) is 4.19. The van der Waals surface area contributed by atoms with Crippen molar-refractivity contribution in [3.8, 4) is 11.1 Å². The Hall–Kier alpha value is -1.31. The first kappa shape index (κ1) is 12.2. The zero-order chi connectivity index (χ0) is 10.8. The summed E-state index contributed by atoms with van der Waals surface area (Å²) in [6.07, 6.45) is 0. The summed E-state index contributed by atoms with van der Waals surface area (Å²) in [6.45, 7) is 2.23. The van der Waals surface area contributed by atoms with Crippen LogP contribution in [-0.2, 0) is 0 Å². The molecular weight excluding hydrogens is 230 g/mol. The molecule has 0 unspecified atom stereocenters. The Morgan fingerprint density at radius 1 is 0.824 bits per heavy atom. The smallest absolute Gasteiger partial charge is 0.00947 e. The monoisotopic (exact) mass is 245 g/mol. The predicted molar refractivity (Wildman–Crippen MR) is 74.7 cm³/mol. The van der Waals surface area contributed by atoms with Gasteiger partial charge in [0.2, 0.25) is 0 Å². The highest BCUT2D eigenvalue weighted by molar-refractivity contribution is 5.85. The summed E-state index contributed by atoms with van der Waals surface area (Å²) >= 11 is 0.